The molecule has 0 N–H and O–H groups in total. The molecule has 2 nitrogen and oxygen atoms in total. The monoisotopic (exact) mass is 230 g/mol. The van der Waals surface area contributed by atoms with Crippen LogP contribution in [0.3, 0.4) is 0 Å². The molecule has 0 saturated heterocycles. The lowest BCUT2D eigenvalue weighted by molar-refractivity contribution is -0.140. The topological polar surface area (TPSA) is 26.3 Å². The summed E-state index contributed by atoms with van der Waals surface area (Å²) in [6.45, 7) is 7.35. The lowest BCUT2D eigenvalue weighted by atomic mass is 10.1. The Morgan fingerprint density at radius 1 is 1.33 bits per heavy atom. The van der Waals surface area contributed by atoms with Gasteiger partial charge in [0.15, 0.2) is 0 Å². The fraction of sp³-hybridized carbons (Fsp3) is 0.750. The number of esters is 1. The molecular weight excluding hydrogens is 208 g/mol. The first-order valence-corrected chi connectivity index (χ1v) is 6.14. The minimum absolute atomic E-state index is 0.282. The number of ether oxygens (including phenoxy) is 1. The fourth-order valence-electron chi connectivity index (χ4n) is 1.21. The zero-order valence-electron chi connectivity index (χ0n) is 9.79. The normalized spacial score (nSPS) is 12.2. The molecule has 0 aromatic rings. The molecule has 0 aromatic heterocycles. The average molecular weight is 230 g/mol. The number of carbonyl (C=O) groups excluding carboxylic acids is 1. The molecule has 1 atom stereocenters. The second-order valence-electron chi connectivity index (χ2n) is 3.84. The van der Waals surface area contributed by atoms with Crippen LogP contribution >= 0.6 is 12.6 Å². The minimum atomic E-state index is -0.344. The number of hydrogen-bond donors (Lipinski definition) is 1. The van der Waals surface area contributed by atoms with Gasteiger partial charge in [-0.2, -0.15) is 0 Å². The molecule has 88 valence electrons. The largest absolute Gasteiger partial charge is 0.448 e. The van der Waals surface area contributed by atoms with Gasteiger partial charge in [0, 0.05) is 5.57 Å². The summed E-state index contributed by atoms with van der Waals surface area (Å²) in [6.07, 6.45) is 6.86. The van der Waals surface area contributed by atoms with Gasteiger partial charge in [-0.05, 0) is 19.8 Å². The first kappa shape index (κ1) is 14.6. The highest BCUT2D eigenvalue weighted by atomic mass is 32.1. The Morgan fingerprint density at radius 3 is 2.47 bits per heavy atom. The molecule has 0 fully saturated rings. The zero-order valence-corrected chi connectivity index (χ0v) is 10.7. The van der Waals surface area contributed by atoms with E-state index in [9.17, 15) is 4.79 Å². The predicted molar refractivity (Wildman–Crippen MR) is 67.1 cm³/mol. The molecule has 3 heteroatoms. The molecule has 0 rings (SSSR count). The van der Waals surface area contributed by atoms with Gasteiger partial charge in [-0.15, -0.1) is 12.6 Å². The first-order chi connectivity index (χ1) is 7.07. The Kier molecular flexibility index (Phi) is 8.58. The maximum Gasteiger partial charge on any atom is 0.334 e. The Bertz CT molecular complexity index is 202. The molecule has 0 amide bonds. The van der Waals surface area contributed by atoms with E-state index in [0.717, 1.165) is 12.8 Å². The second kappa shape index (κ2) is 8.84. The summed E-state index contributed by atoms with van der Waals surface area (Å²) in [5.41, 5.74) is 0.149. The maximum atomic E-state index is 11.1. The van der Waals surface area contributed by atoms with Crippen LogP contribution in [0, 0.1) is 0 Å². The average Bonchev–Trinajstić information content (AvgIpc) is 2.17. The van der Waals surface area contributed by atoms with Gasteiger partial charge in [-0.1, -0.05) is 39.2 Å². The zero-order chi connectivity index (χ0) is 11.7. The molecule has 15 heavy (non-hydrogen) atoms. The van der Waals surface area contributed by atoms with Crippen LogP contribution in [0.5, 0.6) is 0 Å². The van der Waals surface area contributed by atoms with E-state index in [1.54, 1.807) is 6.92 Å². The lowest BCUT2D eigenvalue weighted by Crippen LogP contribution is -2.13. The van der Waals surface area contributed by atoms with Gasteiger partial charge in [0.1, 0.15) is 5.44 Å². The number of unbranched alkanes of at least 4 members (excludes halogenated alkanes) is 4. The number of hydrogen-bond acceptors (Lipinski definition) is 3. The van der Waals surface area contributed by atoms with E-state index in [0.29, 0.717) is 5.57 Å². The molecule has 0 aliphatic rings. The SMILES string of the molecule is C=C(C)C(=O)OC(S)CCCCCCC. The first-order valence-electron chi connectivity index (χ1n) is 5.62. The molecule has 0 aliphatic heterocycles. The highest BCUT2D eigenvalue weighted by Crippen LogP contribution is 2.13. The molecular formula is C12H22O2S. The highest BCUT2D eigenvalue weighted by Gasteiger charge is 2.09. The van der Waals surface area contributed by atoms with Gasteiger partial charge in [0.2, 0.25) is 0 Å². The summed E-state index contributed by atoms with van der Waals surface area (Å²) >= 11 is 4.20. The summed E-state index contributed by atoms with van der Waals surface area (Å²) in [5, 5.41) is 0. The molecule has 1 unspecified atom stereocenters. The lowest BCUT2D eigenvalue weighted by Gasteiger charge is -2.11. The van der Waals surface area contributed by atoms with E-state index in [2.05, 4.69) is 26.1 Å². The summed E-state index contributed by atoms with van der Waals surface area (Å²) < 4.78 is 5.04. The van der Waals surface area contributed by atoms with Crippen molar-refractivity contribution >= 4 is 18.6 Å². The third-order valence-corrected chi connectivity index (χ3v) is 2.51. The van der Waals surface area contributed by atoms with E-state index in [4.69, 9.17) is 4.74 Å². The van der Waals surface area contributed by atoms with Crippen LogP contribution in [0.15, 0.2) is 12.2 Å². The van der Waals surface area contributed by atoms with Crippen LogP contribution < -0.4 is 0 Å². The Balaban J connectivity index is 3.45. The highest BCUT2D eigenvalue weighted by molar-refractivity contribution is 7.80. The van der Waals surface area contributed by atoms with Crippen LogP contribution in [0.2, 0.25) is 0 Å². The summed E-state index contributed by atoms with van der Waals surface area (Å²) in [4.78, 5) is 11.1. The summed E-state index contributed by atoms with van der Waals surface area (Å²) in [7, 11) is 0. The van der Waals surface area contributed by atoms with E-state index in [1.807, 2.05) is 0 Å². The summed E-state index contributed by atoms with van der Waals surface area (Å²) in [6, 6.07) is 0. The van der Waals surface area contributed by atoms with E-state index < -0.39 is 0 Å². The molecule has 0 heterocycles. The van der Waals surface area contributed by atoms with E-state index >= 15 is 0 Å². The van der Waals surface area contributed by atoms with Crippen LogP contribution in [-0.4, -0.2) is 11.4 Å². The molecule has 0 aliphatic carbocycles. The van der Waals surface area contributed by atoms with Crippen molar-refractivity contribution in [3.05, 3.63) is 12.2 Å². The van der Waals surface area contributed by atoms with Gasteiger partial charge in [-0.3, -0.25) is 0 Å². The van der Waals surface area contributed by atoms with Gasteiger partial charge in [0.25, 0.3) is 0 Å². The van der Waals surface area contributed by atoms with Gasteiger partial charge in [-0.25, -0.2) is 4.79 Å². The number of thiol groups is 1. The molecule has 0 saturated carbocycles. The Morgan fingerprint density at radius 2 is 1.93 bits per heavy atom. The quantitative estimate of drug-likeness (QED) is 0.226. The molecule has 0 spiro atoms. The smallest absolute Gasteiger partial charge is 0.334 e. The van der Waals surface area contributed by atoms with Crippen molar-refractivity contribution in [1.82, 2.24) is 0 Å². The van der Waals surface area contributed by atoms with E-state index in [-0.39, 0.29) is 11.4 Å². The van der Waals surface area contributed by atoms with Crippen LogP contribution in [0.1, 0.15) is 52.4 Å². The van der Waals surface area contributed by atoms with Gasteiger partial charge >= 0.3 is 5.97 Å². The van der Waals surface area contributed by atoms with Crippen molar-refractivity contribution in [2.24, 2.45) is 0 Å². The van der Waals surface area contributed by atoms with Crippen molar-refractivity contribution in [2.45, 2.75) is 57.8 Å². The Hall–Kier alpha value is -0.440. The van der Waals surface area contributed by atoms with Crippen molar-refractivity contribution in [1.29, 1.82) is 0 Å². The predicted octanol–water partition coefficient (Wildman–Crippen LogP) is 3.72. The fourth-order valence-corrected chi connectivity index (χ4v) is 1.48. The van der Waals surface area contributed by atoms with Crippen LogP contribution in [0.25, 0.3) is 0 Å². The second-order valence-corrected chi connectivity index (χ2v) is 4.42. The van der Waals surface area contributed by atoms with Crippen molar-refractivity contribution in [2.75, 3.05) is 0 Å². The molecule has 0 aromatic carbocycles. The van der Waals surface area contributed by atoms with Crippen molar-refractivity contribution in [3.8, 4) is 0 Å². The van der Waals surface area contributed by atoms with E-state index in [1.165, 1.54) is 25.7 Å². The standard InChI is InChI=1S/C12H22O2S/c1-4-5-6-7-8-9-11(15)14-12(13)10(2)3/h11,15H,2,4-9H2,1,3H3. The third kappa shape index (κ3) is 8.55. The van der Waals surface area contributed by atoms with Crippen LogP contribution in [-0.2, 0) is 9.53 Å². The molecule has 0 bridgehead atoms. The summed E-state index contributed by atoms with van der Waals surface area (Å²) in [5.74, 6) is -0.344. The maximum absolute atomic E-state index is 11.1. The molecule has 0 radical (unpaired) electrons. The van der Waals surface area contributed by atoms with Gasteiger partial charge < -0.3 is 4.74 Å². The van der Waals surface area contributed by atoms with Crippen molar-refractivity contribution < 1.29 is 9.53 Å². The van der Waals surface area contributed by atoms with Crippen molar-refractivity contribution in [3.63, 3.8) is 0 Å². The third-order valence-electron chi connectivity index (χ3n) is 2.15. The van der Waals surface area contributed by atoms with Crippen LogP contribution in [0.4, 0.5) is 0 Å². The number of rotatable bonds is 8. The minimum Gasteiger partial charge on any atom is -0.448 e. The van der Waals surface area contributed by atoms with Gasteiger partial charge in [0.05, 0.1) is 0 Å². The Labute approximate surface area is 98.5 Å². The number of carbonyl (C=O) groups is 1.